The van der Waals surface area contributed by atoms with E-state index in [1.54, 1.807) is 29.2 Å². The number of hydrogen-bond donors (Lipinski definition) is 2. The summed E-state index contributed by atoms with van der Waals surface area (Å²) in [7, 11) is 0. The van der Waals surface area contributed by atoms with Crippen LogP contribution in [0.2, 0.25) is 0 Å². The monoisotopic (exact) mass is 464 g/mol. The van der Waals surface area contributed by atoms with Crippen LogP contribution in [0.5, 0.6) is 5.75 Å². The number of halogens is 3. The Balaban J connectivity index is 1.62. The summed E-state index contributed by atoms with van der Waals surface area (Å²) in [5.74, 6) is -0.561. The van der Waals surface area contributed by atoms with Crippen LogP contribution < -0.4 is 15.0 Å². The maximum absolute atomic E-state index is 13.4. The number of nitrogens with one attached hydrogen (secondary N) is 1. The van der Waals surface area contributed by atoms with E-state index >= 15 is 0 Å². The lowest BCUT2D eigenvalue weighted by atomic mass is 10.00. The molecule has 1 aliphatic rings. The van der Waals surface area contributed by atoms with Crippen molar-refractivity contribution in [2.75, 3.05) is 24.5 Å². The Morgan fingerprint density at radius 3 is 2.67 bits per heavy atom. The smallest absolute Gasteiger partial charge is 0.416 e. The molecule has 0 aliphatic carbocycles. The number of carboxylic acid groups (broad SMARTS) is 1. The predicted molar refractivity (Wildman–Crippen MR) is 117 cm³/mol. The topological polar surface area (TPSA) is 78.9 Å². The molecule has 0 saturated heterocycles. The number of fused-ring (bicyclic) bond motifs is 1. The maximum atomic E-state index is 13.4. The van der Waals surface area contributed by atoms with Gasteiger partial charge in [0.15, 0.2) is 0 Å². The first kappa shape index (κ1) is 24.6. The zero-order chi connectivity index (χ0) is 24.0. The molecular formula is C24H27F3N2O4. The highest BCUT2D eigenvalue weighted by Gasteiger charge is 2.33. The lowest BCUT2D eigenvalue weighted by Gasteiger charge is -2.18. The van der Waals surface area contributed by atoms with Crippen molar-refractivity contribution in [3.63, 3.8) is 0 Å². The minimum Gasteiger partial charge on any atom is -0.489 e. The molecule has 2 aromatic rings. The molecular weight excluding hydrogens is 437 g/mol. The molecule has 33 heavy (non-hydrogen) atoms. The Morgan fingerprint density at radius 1 is 1.18 bits per heavy atom. The van der Waals surface area contributed by atoms with Gasteiger partial charge in [0, 0.05) is 18.8 Å². The average molecular weight is 464 g/mol. The third kappa shape index (κ3) is 6.47. The molecule has 0 bridgehead atoms. The summed E-state index contributed by atoms with van der Waals surface area (Å²) in [5, 5.41) is 11.5. The van der Waals surface area contributed by atoms with Crippen molar-refractivity contribution in [2.24, 2.45) is 0 Å². The average Bonchev–Trinajstić information content (AvgIpc) is 3.18. The molecule has 0 spiro atoms. The van der Waals surface area contributed by atoms with Gasteiger partial charge in [0.1, 0.15) is 12.4 Å². The molecule has 1 heterocycles. The maximum Gasteiger partial charge on any atom is 0.416 e. The second kappa shape index (κ2) is 10.7. The molecule has 0 saturated carbocycles. The number of carbonyl (C=O) groups is 2. The summed E-state index contributed by atoms with van der Waals surface area (Å²) in [6, 6.07) is 9.58. The number of anilines is 1. The van der Waals surface area contributed by atoms with E-state index in [1.165, 1.54) is 6.07 Å². The summed E-state index contributed by atoms with van der Waals surface area (Å²) >= 11 is 0. The van der Waals surface area contributed by atoms with Crippen molar-refractivity contribution < 1.29 is 32.6 Å². The van der Waals surface area contributed by atoms with Crippen LogP contribution in [-0.4, -0.2) is 36.6 Å². The van der Waals surface area contributed by atoms with Crippen LogP contribution in [0, 0.1) is 0 Å². The first-order valence-corrected chi connectivity index (χ1v) is 10.9. The van der Waals surface area contributed by atoms with E-state index in [-0.39, 0.29) is 37.6 Å². The van der Waals surface area contributed by atoms with Gasteiger partial charge in [-0.25, -0.2) is 0 Å². The van der Waals surface area contributed by atoms with Crippen molar-refractivity contribution in [3.05, 3.63) is 58.7 Å². The molecule has 1 amide bonds. The third-order valence-electron chi connectivity index (χ3n) is 5.44. The van der Waals surface area contributed by atoms with Crippen LogP contribution in [0.25, 0.3) is 0 Å². The van der Waals surface area contributed by atoms with Crippen LogP contribution in [0.1, 0.15) is 42.0 Å². The van der Waals surface area contributed by atoms with Crippen LogP contribution >= 0.6 is 0 Å². The highest BCUT2D eigenvalue weighted by molar-refractivity contribution is 5.96. The van der Waals surface area contributed by atoms with Gasteiger partial charge in [-0.1, -0.05) is 25.5 Å². The third-order valence-corrected chi connectivity index (χ3v) is 5.44. The number of rotatable bonds is 10. The number of nitrogens with zero attached hydrogens (tertiary/aromatic N) is 1. The number of alkyl halides is 3. The largest absolute Gasteiger partial charge is 0.489 e. The first-order valence-electron chi connectivity index (χ1n) is 10.9. The second-order valence-corrected chi connectivity index (χ2v) is 7.93. The number of ether oxygens (including phenoxy) is 1. The Morgan fingerprint density at radius 2 is 1.97 bits per heavy atom. The van der Waals surface area contributed by atoms with Gasteiger partial charge in [-0.2, -0.15) is 13.2 Å². The summed E-state index contributed by atoms with van der Waals surface area (Å²) in [6.45, 7) is 2.61. The number of carboxylic acids is 1. The van der Waals surface area contributed by atoms with Gasteiger partial charge < -0.3 is 20.1 Å². The lowest BCUT2D eigenvalue weighted by molar-refractivity contribution is -0.138. The summed E-state index contributed by atoms with van der Waals surface area (Å²) < 4.78 is 45.9. The predicted octanol–water partition coefficient (Wildman–Crippen LogP) is 4.19. The van der Waals surface area contributed by atoms with Crippen molar-refractivity contribution in [3.8, 4) is 5.75 Å². The normalized spacial score (nSPS) is 13.2. The van der Waals surface area contributed by atoms with E-state index in [9.17, 15) is 22.8 Å². The highest BCUT2D eigenvalue weighted by atomic mass is 19.4. The van der Waals surface area contributed by atoms with Gasteiger partial charge in [0.25, 0.3) is 0 Å². The zero-order valence-corrected chi connectivity index (χ0v) is 18.4. The number of aliphatic carboxylic acids is 1. The highest BCUT2D eigenvalue weighted by Crippen LogP contribution is 2.34. The van der Waals surface area contributed by atoms with Crippen molar-refractivity contribution >= 4 is 17.6 Å². The van der Waals surface area contributed by atoms with Crippen LogP contribution in [0.3, 0.4) is 0 Å². The molecule has 6 nitrogen and oxygen atoms in total. The van der Waals surface area contributed by atoms with Crippen molar-refractivity contribution in [1.29, 1.82) is 0 Å². The SMILES string of the molecule is CCCc1ccc(COc2ccc3c(c2)CCN3C(=O)CNCCC(=O)O)cc1C(F)(F)F. The van der Waals surface area contributed by atoms with Crippen LogP contribution in [-0.2, 0) is 35.2 Å². The summed E-state index contributed by atoms with van der Waals surface area (Å²) in [4.78, 5) is 24.6. The molecule has 2 aromatic carbocycles. The molecule has 2 N–H and O–H groups in total. The lowest BCUT2D eigenvalue weighted by Crippen LogP contribution is -2.37. The minimum atomic E-state index is -4.41. The fraction of sp³-hybridized carbons (Fsp3) is 0.417. The van der Waals surface area contributed by atoms with Gasteiger partial charge in [-0.3, -0.25) is 9.59 Å². The van der Waals surface area contributed by atoms with Gasteiger partial charge in [-0.15, -0.1) is 0 Å². The molecule has 1 aliphatic heterocycles. The van der Waals surface area contributed by atoms with Crippen LogP contribution in [0.4, 0.5) is 18.9 Å². The molecule has 3 rings (SSSR count). The molecule has 0 fully saturated rings. The van der Waals surface area contributed by atoms with Crippen LogP contribution in [0.15, 0.2) is 36.4 Å². The first-order chi connectivity index (χ1) is 15.7. The fourth-order valence-electron chi connectivity index (χ4n) is 3.84. The number of aryl methyl sites for hydroxylation is 1. The van der Waals surface area contributed by atoms with E-state index in [2.05, 4.69) is 5.32 Å². The van der Waals surface area contributed by atoms with E-state index in [0.717, 1.165) is 17.3 Å². The molecule has 0 radical (unpaired) electrons. The molecule has 0 unspecified atom stereocenters. The Hall–Kier alpha value is -3.07. The summed E-state index contributed by atoms with van der Waals surface area (Å²) in [5.41, 5.74) is 1.78. The van der Waals surface area contributed by atoms with Crippen molar-refractivity contribution in [1.82, 2.24) is 5.32 Å². The number of hydrogen-bond acceptors (Lipinski definition) is 4. The van der Waals surface area contributed by atoms with Gasteiger partial charge in [0.05, 0.1) is 18.5 Å². The Labute approximate surface area is 190 Å². The minimum absolute atomic E-state index is 0.00438. The molecule has 0 aromatic heterocycles. The van der Waals surface area contributed by atoms with Gasteiger partial charge in [0.2, 0.25) is 5.91 Å². The summed E-state index contributed by atoms with van der Waals surface area (Å²) in [6.07, 6.45) is -2.84. The zero-order valence-electron chi connectivity index (χ0n) is 18.4. The quantitative estimate of drug-likeness (QED) is 0.516. The van der Waals surface area contributed by atoms with Gasteiger partial charge in [-0.05, 0) is 53.8 Å². The fourth-order valence-corrected chi connectivity index (χ4v) is 3.84. The van der Waals surface area contributed by atoms with E-state index < -0.39 is 17.7 Å². The Kier molecular flexibility index (Phi) is 7.97. The number of carbonyl (C=O) groups excluding carboxylic acids is 1. The number of amides is 1. The molecule has 9 heteroatoms. The Bertz CT molecular complexity index is 1010. The van der Waals surface area contributed by atoms with E-state index in [1.807, 2.05) is 6.92 Å². The van der Waals surface area contributed by atoms with E-state index in [4.69, 9.17) is 9.84 Å². The van der Waals surface area contributed by atoms with Crippen molar-refractivity contribution in [2.45, 2.75) is 45.4 Å². The number of benzene rings is 2. The molecule has 178 valence electrons. The standard InChI is InChI=1S/C24H27F3N2O4/c1-2-3-17-5-4-16(12-20(17)24(25,26)27)15-33-19-6-7-21-18(13-19)9-11-29(21)22(30)14-28-10-8-23(31)32/h4-7,12-13,28H,2-3,8-11,14-15H2,1H3,(H,31,32). The van der Waals surface area contributed by atoms with Gasteiger partial charge >= 0.3 is 12.1 Å². The van der Waals surface area contributed by atoms with E-state index in [0.29, 0.717) is 37.1 Å². The molecule has 0 atom stereocenters. The second-order valence-electron chi connectivity index (χ2n) is 7.93.